The van der Waals surface area contributed by atoms with Gasteiger partial charge in [0.1, 0.15) is 17.2 Å². The van der Waals surface area contributed by atoms with Gasteiger partial charge in [0.2, 0.25) is 5.91 Å². The van der Waals surface area contributed by atoms with E-state index in [0.717, 1.165) is 60.3 Å². The van der Waals surface area contributed by atoms with Gasteiger partial charge in [-0.1, -0.05) is 35.3 Å². The lowest BCUT2D eigenvalue weighted by molar-refractivity contribution is -0.129. The molecule has 1 aromatic carbocycles. The highest BCUT2D eigenvalue weighted by atomic mass is 35.5. The predicted molar refractivity (Wildman–Crippen MR) is 160 cm³/mol. The Hall–Kier alpha value is -3.53. The number of hydrogen-bond donors (Lipinski definition) is 1. The van der Waals surface area contributed by atoms with Gasteiger partial charge in [-0.05, 0) is 36.8 Å². The Morgan fingerprint density at radius 2 is 1.65 bits per heavy atom. The summed E-state index contributed by atoms with van der Waals surface area (Å²) in [5, 5.41) is 4.44. The van der Waals surface area contributed by atoms with Crippen LogP contribution in [0.4, 0.5) is 17.2 Å². The van der Waals surface area contributed by atoms with Crippen molar-refractivity contribution < 1.29 is 9.53 Å². The lowest BCUT2D eigenvalue weighted by atomic mass is 10.1. The fourth-order valence-corrected chi connectivity index (χ4v) is 5.93. The molecule has 5 heterocycles. The van der Waals surface area contributed by atoms with E-state index >= 15 is 0 Å². The van der Waals surface area contributed by atoms with Gasteiger partial charge in [-0.2, -0.15) is 0 Å². The lowest BCUT2D eigenvalue weighted by Crippen LogP contribution is -2.50. The fraction of sp³-hybridized carbons (Fsp3) is 0.345. The molecule has 0 aliphatic carbocycles. The van der Waals surface area contributed by atoms with Crippen LogP contribution in [0.2, 0.25) is 10.0 Å². The molecular weight excluding hydrogens is 549 g/mol. The van der Waals surface area contributed by atoms with Gasteiger partial charge in [0, 0.05) is 69.1 Å². The summed E-state index contributed by atoms with van der Waals surface area (Å²) in [6, 6.07) is 12.5. The number of piperazine rings is 1. The molecule has 0 atom stereocenters. The van der Waals surface area contributed by atoms with E-state index in [0.29, 0.717) is 36.2 Å². The van der Waals surface area contributed by atoms with Crippen molar-refractivity contribution in [3.63, 3.8) is 0 Å². The van der Waals surface area contributed by atoms with E-state index in [-0.39, 0.29) is 12.5 Å². The number of amides is 1. The highest BCUT2D eigenvalue weighted by Crippen LogP contribution is 2.33. The number of carbonyl (C=O) groups is 1. The van der Waals surface area contributed by atoms with Crippen molar-refractivity contribution in [1.82, 2.24) is 19.3 Å². The minimum absolute atomic E-state index is 0.0299. The molecular formula is C29H31Cl2N7O2. The summed E-state index contributed by atoms with van der Waals surface area (Å²) >= 11 is 12.7. The number of halogens is 2. The van der Waals surface area contributed by atoms with E-state index in [1.54, 1.807) is 12.4 Å². The summed E-state index contributed by atoms with van der Waals surface area (Å²) in [6.45, 7) is 7.93. The molecule has 0 spiro atoms. The van der Waals surface area contributed by atoms with Crippen molar-refractivity contribution in [2.24, 2.45) is 0 Å². The van der Waals surface area contributed by atoms with E-state index in [1.165, 1.54) is 5.69 Å². The van der Waals surface area contributed by atoms with Crippen LogP contribution in [0.1, 0.15) is 5.56 Å². The van der Waals surface area contributed by atoms with Crippen LogP contribution in [0.3, 0.4) is 0 Å². The summed E-state index contributed by atoms with van der Waals surface area (Å²) in [5.41, 5.74) is 5.72. The Bertz CT molecular complexity index is 1490. The molecule has 9 nitrogen and oxygen atoms in total. The standard InChI is InChI=1S/C29H31Cl2N7O2/c1-20-6-7-38-25(16-20)34-27(21-2-4-22(5-3-21)35-12-14-40-15-13-35)29(38)33-19-26(39)36-8-10-37(11-9-36)28-23(30)17-32-18-24(28)31/h2-7,16-18,33H,8-15,19H2,1H3. The number of nitrogens with zero attached hydrogens (tertiary/aromatic N) is 6. The van der Waals surface area contributed by atoms with Crippen LogP contribution >= 0.6 is 23.2 Å². The average molecular weight is 581 g/mol. The molecule has 3 aromatic heterocycles. The van der Waals surface area contributed by atoms with E-state index < -0.39 is 0 Å². The van der Waals surface area contributed by atoms with Crippen LogP contribution < -0.4 is 15.1 Å². The Kier molecular flexibility index (Phi) is 7.69. The first-order valence-corrected chi connectivity index (χ1v) is 14.2. The number of imidazole rings is 1. The zero-order valence-corrected chi connectivity index (χ0v) is 23.8. The third-order valence-corrected chi connectivity index (χ3v) is 8.04. The van der Waals surface area contributed by atoms with Crippen LogP contribution in [0.15, 0.2) is 55.0 Å². The number of benzene rings is 1. The fourth-order valence-electron chi connectivity index (χ4n) is 5.33. The summed E-state index contributed by atoms with van der Waals surface area (Å²) in [4.78, 5) is 28.5. The van der Waals surface area contributed by atoms with Gasteiger partial charge in [-0.3, -0.25) is 14.2 Å². The lowest BCUT2D eigenvalue weighted by Gasteiger charge is -2.36. The summed E-state index contributed by atoms with van der Waals surface area (Å²) in [5.74, 6) is 0.832. The summed E-state index contributed by atoms with van der Waals surface area (Å²) in [7, 11) is 0. The zero-order chi connectivity index (χ0) is 27.6. The molecule has 40 heavy (non-hydrogen) atoms. The number of aryl methyl sites for hydroxylation is 1. The average Bonchev–Trinajstić information content (AvgIpc) is 3.34. The Morgan fingerprint density at radius 3 is 2.35 bits per heavy atom. The number of rotatable bonds is 6. The molecule has 2 saturated heterocycles. The molecule has 4 aromatic rings. The minimum Gasteiger partial charge on any atom is -0.378 e. The van der Waals surface area contributed by atoms with Gasteiger partial charge in [0.25, 0.3) is 0 Å². The second-order valence-corrected chi connectivity index (χ2v) is 10.9. The maximum Gasteiger partial charge on any atom is 0.242 e. The zero-order valence-electron chi connectivity index (χ0n) is 22.3. The number of morpholine rings is 1. The van der Waals surface area contributed by atoms with Gasteiger partial charge < -0.3 is 24.8 Å². The molecule has 0 bridgehead atoms. The second kappa shape index (κ2) is 11.5. The SMILES string of the molecule is Cc1ccn2c(NCC(=O)N3CCN(c4c(Cl)cncc4Cl)CC3)c(-c3ccc(N4CCOCC4)cc3)nc2c1. The van der Waals surface area contributed by atoms with Gasteiger partial charge in [-0.25, -0.2) is 4.98 Å². The number of fused-ring (bicyclic) bond motifs is 1. The molecule has 2 aliphatic heterocycles. The van der Waals surface area contributed by atoms with Gasteiger partial charge in [0.15, 0.2) is 0 Å². The van der Waals surface area contributed by atoms with Crippen LogP contribution in [-0.2, 0) is 9.53 Å². The van der Waals surface area contributed by atoms with E-state index in [2.05, 4.69) is 44.4 Å². The quantitative estimate of drug-likeness (QED) is 0.357. The summed E-state index contributed by atoms with van der Waals surface area (Å²) in [6.07, 6.45) is 5.18. The van der Waals surface area contributed by atoms with Crippen molar-refractivity contribution in [2.75, 3.05) is 74.1 Å². The highest BCUT2D eigenvalue weighted by Gasteiger charge is 2.25. The first-order chi connectivity index (χ1) is 19.5. The third-order valence-electron chi connectivity index (χ3n) is 7.48. The number of nitrogens with one attached hydrogen (secondary N) is 1. The topological polar surface area (TPSA) is 78.2 Å². The number of anilines is 3. The highest BCUT2D eigenvalue weighted by molar-refractivity contribution is 6.38. The third kappa shape index (κ3) is 5.41. The number of ether oxygens (including phenoxy) is 1. The normalized spacial score (nSPS) is 16.0. The van der Waals surface area contributed by atoms with Crippen LogP contribution in [0.25, 0.3) is 16.9 Å². The van der Waals surface area contributed by atoms with Crippen molar-refractivity contribution in [3.8, 4) is 11.3 Å². The van der Waals surface area contributed by atoms with Crippen molar-refractivity contribution in [3.05, 3.63) is 70.6 Å². The van der Waals surface area contributed by atoms with Gasteiger partial charge in [-0.15, -0.1) is 0 Å². The van der Waals surface area contributed by atoms with Crippen LogP contribution in [0.5, 0.6) is 0 Å². The van der Waals surface area contributed by atoms with Crippen LogP contribution in [0, 0.1) is 6.92 Å². The maximum atomic E-state index is 13.3. The van der Waals surface area contributed by atoms with Gasteiger partial charge >= 0.3 is 0 Å². The molecule has 11 heteroatoms. The minimum atomic E-state index is 0.0299. The molecule has 0 unspecified atom stereocenters. The van der Waals surface area contributed by atoms with Crippen molar-refractivity contribution in [1.29, 1.82) is 0 Å². The molecule has 1 N–H and O–H groups in total. The van der Waals surface area contributed by atoms with Crippen molar-refractivity contribution >= 4 is 51.9 Å². The Morgan fingerprint density at radius 1 is 0.950 bits per heavy atom. The number of aromatic nitrogens is 3. The smallest absolute Gasteiger partial charge is 0.242 e. The number of hydrogen-bond acceptors (Lipinski definition) is 7. The van der Waals surface area contributed by atoms with E-state index in [1.807, 2.05) is 34.6 Å². The Labute approximate surface area is 243 Å². The van der Waals surface area contributed by atoms with Gasteiger partial charge in [0.05, 0.1) is 35.5 Å². The Balaban J connectivity index is 1.17. The number of carbonyl (C=O) groups excluding carboxylic acids is 1. The molecule has 2 aliphatic rings. The summed E-state index contributed by atoms with van der Waals surface area (Å²) < 4.78 is 7.50. The van der Waals surface area contributed by atoms with E-state index in [4.69, 9.17) is 32.9 Å². The second-order valence-electron chi connectivity index (χ2n) is 10.1. The molecule has 0 saturated carbocycles. The molecule has 1 amide bonds. The maximum absolute atomic E-state index is 13.3. The molecule has 6 rings (SSSR count). The molecule has 0 radical (unpaired) electrons. The van der Waals surface area contributed by atoms with Crippen LogP contribution in [-0.4, -0.2) is 84.2 Å². The largest absolute Gasteiger partial charge is 0.378 e. The first-order valence-electron chi connectivity index (χ1n) is 13.5. The first kappa shape index (κ1) is 26.7. The molecule has 2 fully saturated rings. The monoisotopic (exact) mass is 579 g/mol. The van der Waals surface area contributed by atoms with Crippen molar-refractivity contribution in [2.45, 2.75) is 6.92 Å². The molecule has 208 valence electrons. The number of pyridine rings is 2. The van der Waals surface area contributed by atoms with E-state index in [9.17, 15) is 4.79 Å². The predicted octanol–water partition coefficient (Wildman–Crippen LogP) is 4.61.